The van der Waals surface area contributed by atoms with Crippen molar-refractivity contribution in [2.45, 2.75) is 25.4 Å². The first-order valence-electron chi connectivity index (χ1n) is 6.12. The van der Waals surface area contributed by atoms with Crippen LogP contribution in [0, 0.1) is 0 Å². The van der Waals surface area contributed by atoms with Crippen molar-refractivity contribution in [2.75, 3.05) is 19.3 Å². The molecule has 0 radical (unpaired) electrons. The summed E-state index contributed by atoms with van der Waals surface area (Å²) in [7, 11) is -3.08. The maximum absolute atomic E-state index is 11.1. The molecule has 0 unspecified atom stereocenters. The number of piperidine rings is 1. The Bertz CT molecular complexity index is 467. The van der Waals surface area contributed by atoms with Crippen LogP contribution in [0.2, 0.25) is 0 Å². The predicted octanol–water partition coefficient (Wildman–Crippen LogP) is 0.595. The first-order valence-corrected chi connectivity index (χ1v) is 8.02. The molecule has 0 bridgehead atoms. The van der Waals surface area contributed by atoms with Crippen LogP contribution in [0.15, 0.2) is 24.4 Å². The number of hydrogen-bond donors (Lipinski definition) is 1. The molecule has 1 saturated heterocycles. The number of pyridine rings is 1. The van der Waals surface area contributed by atoms with Crippen molar-refractivity contribution in [2.24, 2.45) is 0 Å². The van der Waals surface area contributed by atoms with E-state index in [-0.39, 0.29) is 6.04 Å². The molecule has 2 heterocycles. The maximum Gasteiger partial charge on any atom is 0.208 e. The van der Waals surface area contributed by atoms with E-state index in [4.69, 9.17) is 0 Å². The smallest absolute Gasteiger partial charge is 0.208 e. The molecule has 1 fully saturated rings. The minimum Gasteiger partial charge on any atom is -0.297 e. The molecule has 0 aliphatic carbocycles. The molecular formula is C12H19N3O2S. The van der Waals surface area contributed by atoms with Gasteiger partial charge < -0.3 is 0 Å². The van der Waals surface area contributed by atoms with Crippen molar-refractivity contribution in [1.29, 1.82) is 0 Å². The Morgan fingerprint density at radius 1 is 1.39 bits per heavy atom. The summed E-state index contributed by atoms with van der Waals surface area (Å²) >= 11 is 0. The van der Waals surface area contributed by atoms with Gasteiger partial charge in [0.2, 0.25) is 10.0 Å². The van der Waals surface area contributed by atoms with Crippen LogP contribution >= 0.6 is 0 Å². The molecule has 100 valence electrons. The second kappa shape index (κ2) is 5.77. The zero-order valence-corrected chi connectivity index (χ0v) is 11.4. The van der Waals surface area contributed by atoms with E-state index in [9.17, 15) is 8.42 Å². The quantitative estimate of drug-likeness (QED) is 0.869. The minimum atomic E-state index is -3.08. The monoisotopic (exact) mass is 269 g/mol. The fourth-order valence-electron chi connectivity index (χ4n) is 2.23. The van der Waals surface area contributed by atoms with Gasteiger partial charge in [0, 0.05) is 31.9 Å². The molecule has 18 heavy (non-hydrogen) atoms. The minimum absolute atomic E-state index is 0.0833. The third kappa shape index (κ3) is 4.36. The van der Waals surface area contributed by atoms with E-state index in [1.807, 2.05) is 18.2 Å². The van der Waals surface area contributed by atoms with E-state index in [0.717, 1.165) is 38.2 Å². The third-order valence-electron chi connectivity index (χ3n) is 3.08. The molecule has 1 aliphatic rings. The number of sulfonamides is 1. The molecule has 1 aliphatic heterocycles. The highest BCUT2D eigenvalue weighted by molar-refractivity contribution is 7.88. The Kier molecular flexibility index (Phi) is 4.31. The molecule has 1 aromatic rings. The van der Waals surface area contributed by atoms with E-state index in [0.29, 0.717) is 0 Å². The molecule has 1 aromatic heterocycles. The van der Waals surface area contributed by atoms with Crippen molar-refractivity contribution in [3.8, 4) is 0 Å². The summed E-state index contributed by atoms with van der Waals surface area (Å²) in [6.07, 6.45) is 4.74. The van der Waals surface area contributed by atoms with E-state index in [1.54, 1.807) is 6.20 Å². The normalized spacial score (nSPS) is 18.9. The van der Waals surface area contributed by atoms with Crippen molar-refractivity contribution < 1.29 is 8.42 Å². The molecule has 0 aromatic carbocycles. The van der Waals surface area contributed by atoms with Gasteiger partial charge >= 0.3 is 0 Å². The van der Waals surface area contributed by atoms with E-state index < -0.39 is 10.0 Å². The highest BCUT2D eigenvalue weighted by Crippen LogP contribution is 2.13. The lowest BCUT2D eigenvalue weighted by molar-refractivity contribution is 0.198. The second-order valence-corrected chi connectivity index (χ2v) is 6.54. The molecule has 0 spiro atoms. The van der Waals surface area contributed by atoms with Crippen LogP contribution in [0.1, 0.15) is 18.5 Å². The molecule has 2 rings (SSSR count). The maximum atomic E-state index is 11.1. The lowest BCUT2D eigenvalue weighted by atomic mass is 10.1. The Hall–Kier alpha value is -0.980. The number of rotatable bonds is 4. The SMILES string of the molecule is CS(=O)(=O)NC1CCN(Cc2ccccn2)CC1. The Labute approximate surface area is 108 Å². The Morgan fingerprint density at radius 3 is 2.67 bits per heavy atom. The molecule has 0 amide bonds. The van der Waals surface area contributed by atoms with Crippen LogP contribution < -0.4 is 4.72 Å². The Balaban J connectivity index is 1.80. The van der Waals surface area contributed by atoms with E-state index >= 15 is 0 Å². The summed E-state index contributed by atoms with van der Waals surface area (Å²) in [4.78, 5) is 6.61. The van der Waals surface area contributed by atoms with Gasteiger partial charge in [0.15, 0.2) is 0 Å². The highest BCUT2D eigenvalue weighted by Gasteiger charge is 2.21. The zero-order valence-electron chi connectivity index (χ0n) is 10.5. The Morgan fingerprint density at radius 2 is 2.11 bits per heavy atom. The summed E-state index contributed by atoms with van der Waals surface area (Å²) in [6.45, 7) is 2.65. The van der Waals surface area contributed by atoms with Gasteiger partial charge in [0.1, 0.15) is 0 Å². The van der Waals surface area contributed by atoms with Gasteiger partial charge in [-0.3, -0.25) is 9.88 Å². The summed E-state index contributed by atoms with van der Waals surface area (Å²) in [5, 5.41) is 0. The average molecular weight is 269 g/mol. The van der Waals surface area contributed by atoms with Gasteiger partial charge in [-0.25, -0.2) is 13.1 Å². The summed E-state index contributed by atoms with van der Waals surface area (Å²) < 4.78 is 24.9. The first kappa shape index (κ1) is 13.5. The summed E-state index contributed by atoms with van der Waals surface area (Å²) in [5.74, 6) is 0. The fraction of sp³-hybridized carbons (Fsp3) is 0.583. The van der Waals surface area contributed by atoms with E-state index in [2.05, 4.69) is 14.6 Å². The lowest BCUT2D eigenvalue weighted by Gasteiger charge is -2.31. The van der Waals surface area contributed by atoms with Crippen LogP contribution in [0.3, 0.4) is 0 Å². The second-order valence-electron chi connectivity index (χ2n) is 4.76. The molecule has 1 N–H and O–H groups in total. The van der Waals surface area contributed by atoms with Gasteiger partial charge in [-0.2, -0.15) is 0 Å². The standard InChI is InChI=1S/C12H19N3O2S/c1-18(16,17)14-11-5-8-15(9-6-11)10-12-4-2-3-7-13-12/h2-4,7,11,14H,5-6,8-10H2,1H3. The number of aromatic nitrogens is 1. The van der Waals surface area contributed by atoms with Crippen LogP contribution in [-0.4, -0.2) is 43.7 Å². The molecule has 6 heteroatoms. The van der Waals surface area contributed by atoms with Gasteiger partial charge in [0.05, 0.1) is 11.9 Å². The molecule has 0 atom stereocenters. The number of likely N-dealkylation sites (tertiary alicyclic amines) is 1. The highest BCUT2D eigenvalue weighted by atomic mass is 32.2. The van der Waals surface area contributed by atoms with Crippen LogP contribution in [-0.2, 0) is 16.6 Å². The number of hydrogen-bond acceptors (Lipinski definition) is 4. The number of nitrogens with one attached hydrogen (secondary N) is 1. The average Bonchev–Trinajstić information content (AvgIpc) is 2.31. The first-order chi connectivity index (χ1) is 8.53. The predicted molar refractivity (Wildman–Crippen MR) is 70.5 cm³/mol. The summed E-state index contributed by atoms with van der Waals surface area (Å²) in [6, 6.07) is 5.99. The van der Waals surface area contributed by atoms with Crippen LogP contribution in [0.5, 0.6) is 0 Å². The molecular weight excluding hydrogens is 250 g/mol. The van der Waals surface area contributed by atoms with Crippen LogP contribution in [0.25, 0.3) is 0 Å². The molecule has 5 nitrogen and oxygen atoms in total. The van der Waals surface area contributed by atoms with Crippen molar-refractivity contribution in [3.05, 3.63) is 30.1 Å². The largest absolute Gasteiger partial charge is 0.297 e. The van der Waals surface area contributed by atoms with Crippen molar-refractivity contribution in [1.82, 2.24) is 14.6 Å². The van der Waals surface area contributed by atoms with Gasteiger partial charge in [-0.1, -0.05) is 6.07 Å². The van der Waals surface area contributed by atoms with Gasteiger partial charge in [0.25, 0.3) is 0 Å². The number of nitrogens with zero attached hydrogens (tertiary/aromatic N) is 2. The van der Waals surface area contributed by atoms with Gasteiger partial charge in [-0.15, -0.1) is 0 Å². The zero-order chi connectivity index (χ0) is 13.0. The molecule has 0 saturated carbocycles. The van der Waals surface area contributed by atoms with Gasteiger partial charge in [-0.05, 0) is 25.0 Å². The van der Waals surface area contributed by atoms with Crippen molar-refractivity contribution >= 4 is 10.0 Å². The summed E-state index contributed by atoms with van der Waals surface area (Å²) in [5.41, 5.74) is 1.06. The van der Waals surface area contributed by atoms with Crippen LogP contribution in [0.4, 0.5) is 0 Å². The topological polar surface area (TPSA) is 62.3 Å². The third-order valence-corrected chi connectivity index (χ3v) is 3.84. The lowest BCUT2D eigenvalue weighted by Crippen LogP contribution is -2.44. The van der Waals surface area contributed by atoms with E-state index in [1.165, 1.54) is 6.26 Å². The fourth-order valence-corrected chi connectivity index (χ4v) is 3.07. The van der Waals surface area contributed by atoms with Crippen molar-refractivity contribution in [3.63, 3.8) is 0 Å².